The third-order valence-corrected chi connectivity index (χ3v) is 5.05. The number of aromatic nitrogens is 2. The standard InChI is InChI=1S/C23H26N4O4/c1-16-22(23(30)27(26(16)2)18-7-5-4-6-8-18)25-21(29)14-13-20(28)24-15-17-9-11-19(31-3)12-10-17/h4-12H,13-15H2,1-3H3,(H,24,28)(H,25,29). The lowest BCUT2D eigenvalue weighted by atomic mass is 10.2. The molecule has 1 heterocycles. The van der Waals surface area contributed by atoms with Gasteiger partial charge in [-0.15, -0.1) is 0 Å². The van der Waals surface area contributed by atoms with Crippen LogP contribution in [0.4, 0.5) is 5.69 Å². The Morgan fingerprint density at radius 1 is 0.968 bits per heavy atom. The first-order valence-electron chi connectivity index (χ1n) is 9.94. The molecular weight excluding hydrogens is 396 g/mol. The molecule has 3 aromatic rings. The Morgan fingerprint density at radius 2 is 1.61 bits per heavy atom. The number of nitrogens with zero attached hydrogens (tertiary/aromatic N) is 2. The van der Waals surface area contributed by atoms with E-state index in [9.17, 15) is 14.4 Å². The molecule has 0 fully saturated rings. The molecule has 8 heteroatoms. The molecule has 0 unspecified atom stereocenters. The van der Waals surface area contributed by atoms with Crippen molar-refractivity contribution in [3.63, 3.8) is 0 Å². The Labute approximate surface area is 180 Å². The van der Waals surface area contributed by atoms with E-state index in [-0.39, 0.29) is 35.9 Å². The minimum Gasteiger partial charge on any atom is -0.497 e. The van der Waals surface area contributed by atoms with Gasteiger partial charge < -0.3 is 15.4 Å². The summed E-state index contributed by atoms with van der Waals surface area (Å²) < 4.78 is 8.28. The smallest absolute Gasteiger partial charge is 0.295 e. The summed E-state index contributed by atoms with van der Waals surface area (Å²) in [6, 6.07) is 16.5. The highest BCUT2D eigenvalue weighted by atomic mass is 16.5. The molecule has 162 valence electrons. The summed E-state index contributed by atoms with van der Waals surface area (Å²) in [6.07, 6.45) is 0.00824. The van der Waals surface area contributed by atoms with Crippen LogP contribution in [0.5, 0.6) is 5.75 Å². The summed E-state index contributed by atoms with van der Waals surface area (Å²) in [4.78, 5) is 37.3. The summed E-state index contributed by atoms with van der Waals surface area (Å²) in [5.74, 6) is 0.123. The van der Waals surface area contributed by atoms with Crippen LogP contribution in [0.2, 0.25) is 0 Å². The van der Waals surface area contributed by atoms with Crippen LogP contribution in [0.15, 0.2) is 59.4 Å². The first-order valence-corrected chi connectivity index (χ1v) is 9.94. The zero-order valence-corrected chi connectivity index (χ0v) is 17.8. The minimum absolute atomic E-state index is 0.0203. The van der Waals surface area contributed by atoms with Gasteiger partial charge in [-0.25, -0.2) is 4.68 Å². The number of hydrogen-bond acceptors (Lipinski definition) is 4. The molecule has 3 rings (SSSR count). The summed E-state index contributed by atoms with van der Waals surface area (Å²) in [5, 5.41) is 5.45. The second kappa shape index (κ2) is 9.80. The van der Waals surface area contributed by atoms with Crippen molar-refractivity contribution in [3.8, 4) is 11.4 Å². The van der Waals surface area contributed by atoms with Crippen molar-refractivity contribution < 1.29 is 14.3 Å². The van der Waals surface area contributed by atoms with Crippen LogP contribution in [0.1, 0.15) is 24.1 Å². The van der Waals surface area contributed by atoms with Gasteiger partial charge in [-0.3, -0.25) is 19.1 Å². The number of hydrogen-bond donors (Lipinski definition) is 2. The lowest BCUT2D eigenvalue weighted by molar-refractivity contribution is -0.124. The number of amides is 2. The molecule has 0 bridgehead atoms. The topological polar surface area (TPSA) is 94.4 Å². The van der Waals surface area contributed by atoms with Crippen molar-refractivity contribution >= 4 is 17.5 Å². The van der Waals surface area contributed by atoms with Crippen LogP contribution in [-0.4, -0.2) is 28.3 Å². The molecule has 8 nitrogen and oxygen atoms in total. The summed E-state index contributed by atoms with van der Waals surface area (Å²) >= 11 is 0. The van der Waals surface area contributed by atoms with Gasteiger partial charge in [0.1, 0.15) is 11.4 Å². The van der Waals surface area contributed by atoms with Crippen molar-refractivity contribution in [1.29, 1.82) is 0 Å². The number of ether oxygens (including phenoxy) is 1. The number of carbonyl (C=O) groups is 2. The molecule has 0 atom stereocenters. The molecule has 31 heavy (non-hydrogen) atoms. The van der Waals surface area contributed by atoms with Gasteiger partial charge in [0.25, 0.3) is 5.56 Å². The normalized spacial score (nSPS) is 10.5. The number of rotatable bonds is 8. The van der Waals surface area contributed by atoms with Gasteiger partial charge in [-0.05, 0) is 36.8 Å². The lowest BCUT2D eigenvalue weighted by Crippen LogP contribution is -2.26. The van der Waals surface area contributed by atoms with Crippen LogP contribution in [-0.2, 0) is 23.2 Å². The maximum absolute atomic E-state index is 12.8. The van der Waals surface area contributed by atoms with Gasteiger partial charge in [0.05, 0.1) is 18.5 Å². The van der Waals surface area contributed by atoms with Gasteiger partial charge in [0, 0.05) is 26.4 Å². The quantitative estimate of drug-likeness (QED) is 0.583. The third kappa shape index (κ3) is 5.22. The van der Waals surface area contributed by atoms with E-state index >= 15 is 0 Å². The van der Waals surface area contributed by atoms with Gasteiger partial charge in [-0.2, -0.15) is 0 Å². The van der Waals surface area contributed by atoms with Crippen LogP contribution >= 0.6 is 0 Å². The molecule has 0 saturated carbocycles. The SMILES string of the molecule is COc1ccc(CNC(=O)CCC(=O)Nc2c(C)n(C)n(-c3ccccc3)c2=O)cc1. The first-order chi connectivity index (χ1) is 14.9. The molecule has 2 amide bonds. The van der Waals surface area contributed by atoms with Crippen LogP contribution in [0.3, 0.4) is 0 Å². The number of para-hydroxylation sites is 1. The highest BCUT2D eigenvalue weighted by Gasteiger charge is 2.18. The lowest BCUT2D eigenvalue weighted by Gasteiger charge is -2.07. The van der Waals surface area contributed by atoms with Crippen LogP contribution in [0, 0.1) is 6.92 Å². The molecule has 1 aromatic heterocycles. The zero-order chi connectivity index (χ0) is 22.4. The maximum atomic E-state index is 12.8. The Balaban J connectivity index is 1.56. The number of methoxy groups -OCH3 is 1. The summed E-state index contributed by atoms with van der Waals surface area (Å²) in [6.45, 7) is 2.13. The Hall–Kier alpha value is -3.81. The fourth-order valence-corrected chi connectivity index (χ4v) is 3.17. The van der Waals surface area contributed by atoms with E-state index in [0.717, 1.165) is 11.3 Å². The van der Waals surface area contributed by atoms with Crippen molar-refractivity contribution in [2.75, 3.05) is 12.4 Å². The fraction of sp³-hybridized carbons (Fsp3) is 0.261. The highest BCUT2D eigenvalue weighted by molar-refractivity contribution is 5.93. The molecule has 0 aliphatic heterocycles. The molecule has 2 aromatic carbocycles. The molecule has 0 aliphatic carbocycles. The molecule has 2 N–H and O–H groups in total. The van der Waals surface area contributed by atoms with Crippen molar-refractivity contribution in [1.82, 2.24) is 14.7 Å². The zero-order valence-electron chi connectivity index (χ0n) is 17.8. The van der Waals surface area contributed by atoms with E-state index in [4.69, 9.17) is 4.74 Å². The molecular formula is C23H26N4O4. The van der Waals surface area contributed by atoms with Gasteiger partial charge in [0.15, 0.2) is 0 Å². The Morgan fingerprint density at radius 3 is 2.26 bits per heavy atom. The summed E-state index contributed by atoms with van der Waals surface area (Å²) in [5.41, 5.74) is 2.17. The fourth-order valence-electron chi connectivity index (χ4n) is 3.17. The Kier molecular flexibility index (Phi) is 6.92. The van der Waals surface area contributed by atoms with Crippen molar-refractivity contribution in [3.05, 3.63) is 76.2 Å². The van der Waals surface area contributed by atoms with E-state index in [2.05, 4.69) is 10.6 Å². The van der Waals surface area contributed by atoms with E-state index < -0.39 is 0 Å². The van der Waals surface area contributed by atoms with E-state index in [0.29, 0.717) is 17.9 Å². The average Bonchev–Trinajstić information content (AvgIpc) is 3.00. The molecule has 0 aliphatic rings. The Bertz CT molecular complexity index is 1110. The van der Waals surface area contributed by atoms with Crippen LogP contribution in [0.25, 0.3) is 5.69 Å². The number of anilines is 1. The minimum atomic E-state index is -0.384. The monoisotopic (exact) mass is 422 g/mol. The van der Waals surface area contributed by atoms with E-state index in [1.54, 1.807) is 25.8 Å². The second-order valence-corrected chi connectivity index (χ2v) is 7.11. The predicted octanol–water partition coefficient (Wildman–Crippen LogP) is 2.53. The molecule has 0 spiro atoms. The third-order valence-electron chi connectivity index (χ3n) is 5.05. The van der Waals surface area contributed by atoms with Gasteiger partial charge in [0.2, 0.25) is 11.8 Å². The average molecular weight is 422 g/mol. The maximum Gasteiger partial charge on any atom is 0.295 e. The predicted molar refractivity (Wildman–Crippen MR) is 118 cm³/mol. The largest absolute Gasteiger partial charge is 0.497 e. The highest BCUT2D eigenvalue weighted by Crippen LogP contribution is 2.14. The second-order valence-electron chi connectivity index (χ2n) is 7.11. The number of carbonyl (C=O) groups excluding carboxylic acids is 2. The van der Waals surface area contributed by atoms with E-state index in [1.165, 1.54) is 4.68 Å². The number of benzene rings is 2. The molecule has 0 radical (unpaired) electrons. The summed E-state index contributed by atoms with van der Waals surface area (Å²) in [7, 11) is 3.35. The van der Waals surface area contributed by atoms with E-state index in [1.807, 2.05) is 54.6 Å². The first kappa shape index (κ1) is 21.9. The molecule has 0 saturated heterocycles. The van der Waals surface area contributed by atoms with Gasteiger partial charge in [-0.1, -0.05) is 30.3 Å². The van der Waals surface area contributed by atoms with Crippen LogP contribution < -0.4 is 20.9 Å². The van der Waals surface area contributed by atoms with Gasteiger partial charge >= 0.3 is 0 Å². The van der Waals surface area contributed by atoms with Crippen molar-refractivity contribution in [2.24, 2.45) is 7.05 Å². The van der Waals surface area contributed by atoms with Crippen molar-refractivity contribution in [2.45, 2.75) is 26.3 Å². The number of nitrogens with one attached hydrogen (secondary N) is 2.